The zero-order chi connectivity index (χ0) is 26.6. The largest absolute Gasteiger partial charge is 0.393 e. The molecule has 2 amide bonds. The van der Waals surface area contributed by atoms with Gasteiger partial charge in [0.05, 0.1) is 13.2 Å². The topological polar surface area (TPSA) is 191 Å². The zero-order valence-corrected chi connectivity index (χ0v) is 22.5. The molecule has 2 unspecified atom stereocenters. The van der Waals surface area contributed by atoms with E-state index in [1.54, 1.807) is 24.3 Å². The van der Waals surface area contributed by atoms with Gasteiger partial charge in [0.2, 0.25) is 0 Å². The van der Waals surface area contributed by atoms with Crippen molar-refractivity contribution in [1.82, 2.24) is 10.6 Å². The van der Waals surface area contributed by atoms with Gasteiger partial charge < -0.3 is 42.5 Å². The van der Waals surface area contributed by atoms with Gasteiger partial charge in [-0.25, -0.2) is 0 Å². The highest BCUT2D eigenvalue weighted by atomic mass is 35.5. The fourth-order valence-corrected chi connectivity index (χ4v) is 3.26. The van der Waals surface area contributed by atoms with Gasteiger partial charge in [0.25, 0.3) is 11.8 Å². The summed E-state index contributed by atoms with van der Waals surface area (Å²) in [6.45, 7) is -0.858. The van der Waals surface area contributed by atoms with E-state index in [0.29, 0.717) is 13.1 Å². The predicted octanol–water partition coefficient (Wildman–Crippen LogP) is -0.389. The van der Waals surface area contributed by atoms with Crippen molar-refractivity contribution < 1.29 is 30.0 Å². The molecule has 10 N–H and O–H groups in total. The Balaban J connectivity index is 0.00000684. The first kappa shape index (κ1) is 35.3. The third-order valence-corrected chi connectivity index (χ3v) is 5.62. The van der Waals surface area contributed by atoms with Crippen LogP contribution in [0.5, 0.6) is 0 Å². The van der Waals surface area contributed by atoms with Crippen LogP contribution in [0.1, 0.15) is 35.1 Å². The van der Waals surface area contributed by atoms with E-state index in [0.717, 1.165) is 22.3 Å². The lowest BCUT2D eigenvalue weighted by atomic mass is 9.97. The van der Waals surface area contributed by atoms with Crippen molar-refractivity contribution in [1.29, 1.82) is 0 Å². The quantitative estimate of drug-likeness (QED) is 0.158. The lowest BCUT2D eigenvalue weighted by Gasteiger charge is -2.23. The Morgan fingerprint density at radius 1 is 0.711 bits per heavy atom. The molecular formula is C26H36Cl2N4O6. The first-order valence-electron chi connectivity index (χ1n) is 11.4. The number of hydrogen-bond donors (Lipinski definition) is 8. The summed E-state index contributed by atoms with van der Waals surface area (Å²) in [5.41, 5.74) is 10.1. The minimum atomic E-state index is -2.19. The summed E-state index contributed by atoms with van der Waals surface area (Å²) in [7, 11) is 0. The van der Waals surface area contributed by atoms with E-state index in [1.807, 2.05) is 24.3 Å². The van der Waals surface area contributed by atoms with Crippen LogP contribution in [0.15, 0.2) is 48.5 Å². The van der Waals surface area contributed by atoms with Gasteiger partial charge in [0, 0.05) is 39.0 Å². The van der Waals surface area contributed by atoms with E-state index in [2.05, 4.69) is 22.5 Å². The molecule has 0 heterocycles. The number of benzene rings is 2. The summed E-state index contributed by atoms with van der Waals surface area (Å²) in [5.74, 6) is 3.36. The zero-order valence-electron chi connectivity index (χ0n) is 20.9. The molecule has 0 radical (unpaired) electrons. The third-order valence-electron chi connectivity index (χ3n) is 5.62. The van der Waals surface area contributed by atoms with Crippen molar-refractivity contribution >= 4 is 36.6 Å². The van der Waals surface area contributed by atoms with Gasteiger partial charge >= 0.3 is 0 Å². The number of amides is 2. The predicted molar refractivity (Wildman–Crippen MR) is 148 cm³/mol. The number of aliphatic hydroxyl groups excluding tert-OH is 2. The van der Waals surface area contributed by atoms with E-state index >= 15 is 0 Å². The van der Waals surface area contributed by atoms with E-state index in [9.17, 15) is 30.0 Å². The molecular weight excluding hydrogens is 535 g/mol. The van der Waals surface area contributed by atoms with Crippen LogP contribution in [-0.2, 0) is 35.8 Å². The minimum absolute atomic E-state index is 0. The Bertz CT molecular complexity index is 1030. The van der Waals surface area contributed by atoms with Crippen LogP contribution < -0.4 is 22.1 Å². The average Bonchev–Trinajstić information content (AvgIpc) is 2.92. The summed E-state index contributed by atoms with van der Waals surface area (Å²) < 4.78 is 0. The van der Waals surface area contributed by atoms with Crippen LogP contribution in [0.3, 0.4) is 0 Å². The maximum atomic E-state index is 12.5. The van der Waals surface area contributed by atoms with Crippen LogP contribution in [0.4, 0.5) is 0 Å². The molecule has 210 valence electrons. The highest BCUT2D eigenvalue weighted by Gasteiger charge is 2.36. The van der Waals surface area contributed by atoms with Crippen molar-refractivity contribution in [3.8, 4) is 11.8 Å². The Hall–Kier alpha value is -2.72. The highest BCUT2D eigenvalue weighted by molar-refractivity contribution is 5.86. The summed E-state index contributed by atoms with van der Waals surface area (Å²) in [4.78, 5) is 24.9. The van der Waals surface area contributed by atoms with Crippen LogP contribution in [0.2, 0.25) is 0 Å². The molecule has 0 saturated carbocycles. The van der Waals surface area contributed by atoms with Crippen LogP contribution in [0, 0.1) is 11.8 Å². The lowest BCUT2D eigenvalue weighted by Crippen LogP contribution is -2.49. The summed E-state index contributed by atoms with van der Waals surface area (Å²) >= 11 is 0. The van der Waals surface area contributed by atoms with Gasteiger partial charge in [-0.15, -0.1) is 24.8 Å². The first-order chi connectivity index (χ1) is 17.2. The van der Waals surface area contributed by atoms with Crippen LogP contribution in [-0.4, -0.2) is 56.7 Å². The number of carbonyl (C=O) groups is 2. The van der Waals surface area contributed by atoms with Crippen molar-refractivity contribution in [2.75, 3.05) is 13.2 Å². The Morgan fingerprint density at radius 2 is 1.05 bits per heavy atom. The number of hydrogen-bond acceptors (Lipinski definition) is 8. The van der Waals surface area contributed by atoms with Gasteiger partial charge in [0.1, 0.15) is 0 Å². The molecule has 38 heavy (non-hydrogen) atoms. The van der Waals surface area contributed by atoms with E-state index < -0.39 is 49.1 Å². The molecule has 2 atom stereocenters. The van der Waals surface area contributed by atoms with Crippen LogP contribution in [0.25, 0.3) is 0 Å². The monoisotopic (exact) mass is 570 g/mol. The second kappa shape index (κ2) is 17.0. The molecule has 0 bridgehead atoms. The lowest BCUT2D eigenvalue weighted by molar-refractivity contribution is -0.144. The van der Waals surface area contributed by atoms with Crippen molar-refractivity contribution in [2.45, 2.75) is 50.2 Å². The van der Waals surface area contributed by atoms with Crippen molar-refractivity contribution in [3.05, 3.63) is 70.8 Å². The molecule has 0 aliphatic carbocycles. The number of halogens is 2. The summed E-state index contributed by atoms with van der Waals surface area (Å²) in [6.07, 6.45) is -0.902. The Kier molecular flexibility index (Phi) is 15.8. The highest BCUT2D eigenvalue weighted by Crippen LogP contribution is 2.13. The minimum Gasteiger partial charge on any atom is -0.393 e. The number of aliphatic hydroxyl groups is 4. The third kappa shape index (κ3) is 10.2. The number of nitrogens with one attached hydrogen (secondary N) is 2. The molecule has 2 aromatic carbocycles. The van der Waals surface area contributed by atoms with Crippen LogP contribution >= 0.6 is 24.8 Å². The van der Waals surface area contributed by atoms with Gasteiger partial charge in [0.15, 0.2) is 11.2 Å². The van der Waals surface area contributed by atoms with Gasteiger partial charge in [-0.05, 0) is 22.3 Å². The maximum absolute atomic E-state index is 12.5. The second-order valence-corrected chi connectivity index (χ2v) is 8.50. The first-order valence-corrected chi connectivity index (χ1v) is 11.4. The SMILES string of the molecule is Cl.Cl.NCc1cccc(CNC(=O)C(O)(CO)CC#CCC(O)(CO)C(=O)NCc2cccc(CN)c2)c1. The summed E-state index contributed by atoms with van der Waals surface area (Å²) in [6, 6.07) is 14.5. The molecule has 0 spiro atoms. The molecule has 2 aromatic rings. The average molecular weight is 572 g/mol. The Morgan fingerprint density at radius 3 is 1.37 bits per heavy atom. The molecule has 0 saturated heterocycles. The molecule has 0 aliphatic heterocycles. The number of rotatable bonds is 12. The van der Waals surface area contributed by atoms with Crippen molar-refractivity contribution in [3.63, 3.8) is 0 Å². The molecule has 0 fully saturated rings. The second-order valence-electron chi connectivity index (χ2n) is 8.50. The van der Waals surface area contributed by atoms with Gasteiger partial charge in [-0.3, -0.25) is 9.59 Å². The Labute approximate surface area is 234 Å². The maximum Gasteiger partial charge on any atom is 0.255 e. The molecule has 0 aliphatic rings. The number of carbonyl (C=O) groups excluding carboxylic acids is 2. The fraction of sp³-hybridized carbons (Fsp3) is 0.385. The molecule has 12 heteroatoms. The molecule has 10 nitrogen and oxygen atoms in total. The van der Waals surface area contributed by atoms with Crippen molar-refractivity contribution in [2.24, 2.45) is 11.5 Å². The van der Waals surface area contributed by atoms with E-state index in [-0.39, 0.29) is 37.9 Å². The van der Waals surface area contributed by atoms with E-state index in [1.165, 1.54) is 0 Å². The van der Waals surface area contributed by atoms with E-state index in [4.69, 9.17) is 11.5 Å². The number of nitrogens with two attached hydrogens (primary N) is 2. The normalized spacial score (nSPS) is 13.3. The standard InChI is InChI=1S/C26H34N4O6.2ClH/c27-13-19-5-3-7-21(11-19)15-29-23(33)25(35,17-31)9-1-2-10-26(36,18-32)24(34)30-16-22-8-4-6-20(12-22)14-28;;/h3-8,11-12,31-32,35-36H,9-10,13-18,27-28H2,(H,29,33)(H,30,34);2*1H. The molecule has 2 rings (SSSR count). The summed E-state index contributed by atoms with van der Waals surface area (Å²) in [5, 5.41) is 45.3. The smallest absolute Gasteiger partial charge is 0.255 e. The molecule has 0 aromatic heterocycles. The van der Waals surface area contributed by atoms with Gasteiger partial charge in [-0.2, -0.15) is 0 Å². The fourth-order valence-electron chi connectivity index (χ4n) is 3.26. The van der Waals surface area contributed by atoms with Gasteiger partial charge in [-0.1, -0.05) is 60.4 Å².